The van der Waals surface area contributed by atoms with E-state index in [4.69, 9.17) is 1.37 Å². The van der Waals surface area contributed by atoms with Crippen molar-refractivity contribution in [2.24, 2.45) is 0 Å². The molecule has 5 nitrogen and oxygen atoms in total. The first kappa shape index (κ1) is 7.49. The first-order chi connectivity index (χ1) is 7.28. The summed E-state index contributed by atoms with van der Waals surface area (Å²) in [6.45, 7) is 2.83. The molecule has 14 heavy (non-hydrogen) atoms. The smallest absolute Gasteiger partial charge is 0.228 e. The number of rotatable bonds is 3. The molecule has 0 aliphatic heterocycles. The molecule has 0 saturated carbocycles. The van der Waals surface area contributed by atoms with Gasteiger partial charge in [0.2, 0.25) is 5.95 Å². The fraction of sp³-hybridized carbons (Fsp3) is 0.222. The highest BCUT2D eigenvalue weighted by Gasteiger charge is 1.98. The fourth-order valence-corrected chi connectivity index (χ4v) is 1.05. The number of hydrogen-bond donors (Lipinski definition) is 1. The van der Waals surface area contributed by atoms with Crippen LogP contribution in [0.1, 0.15) is 8.29 Å². The maximum Gasteiger partial charge on any atom is 0.228 e. The van der Waals surface area contributed by atoms with Crippen LogP contribution in [0.25, 0.3) is 0 Å². The Morgan fingerprint density at radius 3 is 3.21 bits per heavy atom. The van der Waals surface area contributed by atoms with Gasteiger partial charge in [-0.15, -0.1) is 0 Å². The van der Waals surface area contributed by atoms with Gasteiger partial charge in [0.15, 0.2) is 5.82 Å². The molecule has 0 bridgehead atoms. The molecule has 0 atom stereocenters. The van der Waals surface area contributed by atoms with E-state index in [0.717, 1.165) is 6.54 Å². The van der Waals surface area contributed by atoms with Crippen LogP contribution in [0.3, 0.4) is 0 Å². The van der Waals surface area contributed by atoms with Crippen molar-refractivity contribution < 1.29 is 1.37 Å². The van der Waals surface area contributed by atoms with Crippen LogP contribution in [-0.4, -0.2) is 19.7 Å². The molecule has 0 aromatic carbocycles. The highest BCUT2D eigenvalue weighted by molar-refractivity contribution is 5.45. The van der Waals surface area contributed by atoms with Gasteiger partial charge in [-0.25, -0.2) is 9.97 Å². The zero-order valence-electron chi connectivity index (χ0n) is 8.81. The zero-order valence-corrected chi connectivity index (χ0v) is 7.81. The van der Waals surface area contributed by atoms with Gasteiger partial charge in [-0.1, -0.05) is 0 Å². The molecule has 0 unspecified atom stereocenters. The summed E-state index contributed by atoms with van der Waals surface area (Å²) >= 11 is 0. The van der Waals surface area contributed by atoms with Crippen molar-refractivity contribution in [1.82, 2.24) is 19.7 Å². The van der Waals surface area contributed by atoms with Gasteiger partial charge in [-0.05, 0) is 13.0 Å². The third-order valence-corrected chi connectivity index (χ3v) is 1.72. The summed E-state index contributed by atoms with van der Waals surface area (Å²) in [6.07, 6.45) is 3.59. The Labute approximate surface area is 83.2 Å². The summed E-state index contributed by atoms with van der Waals surface area (Å²) in [7, 11) is 0. The predicted molar refractivity (Wildman–Crippen MR) is 53.2 cm³/mol. The second-order valence-electron chi connectivity index (χ2n) is 2.69. The molecule has 2 rings (SSSR count). The molecule has 0 saturated heterocycles. The van der Waals surface area contributed by atoms with Crippen molar-refractivity contribution in [3.8, 4) is 0 Å². The van der Waals surface area contributed by atoms with Gasteiger partial charge in [0, 0.05) is 31.2 Å². The SMILES string of the molecule is [2H]c1ccnc(Nc2ccn(CC)n2)n1. The Bertz CT molecular complexity index is 453. The quantitative estimate of drug-likeness (QED) is 0.795. The van der Waals surface area contributed by atoms with Gasteiger partial charge in [0.1, 0.15) is 0 Å². The largest absolute Gasteiger partial charge is 0.307 e. The second-order valence-corrected chi connectivity index (χ2v) is 2.69. The average Bonchev–Trinajstić information content (AvgIpc) is 2.65. The molecule has 0 fully saturated rings. The summed E-state index contributed by atoms with van der Waals surface area (Å²) in [5.74, 6) is 1.08. The predicted octanol–water partition coefficient (Wildman–Crippen LogP) is 1.44. The monoisotopic (exact) mass is 190 g/mol. The van der Waals surface area contributed by atoms with Crippen LogP contribution in [0.15, 0.2) is 30.7 Å². The van der Waals surface area contributed by atoms with Gasteiger partial charge in [-0.2, -0.15) is 5.10 Å². The van der Waals surface area contributed by atoms with Crippen molar-refractivity contribution in [2.45, 2.75) is 13.5 Å². The molecule has 0 radical (unpaired) electrons. The number of aryl methyl sites for hydroxylation is 1. The van der Waals surface area contributed by atoms with E-state index in [1.807, 2.05) is 19.2 Å². The maximum atomic E-state index is 7.33. The molecular weight excluding hydrogens is 178 g/mol. The van der Waals surface area contributed by atoms with Crippen LogP contribution in [0.2, 0.25) is 0 Å². The third-order valence-electron chi connectivity index (χ3n) is 1.72. The van der Waals surface area contributed by atoms with Crippen LogP contribution in [0.5, 0.6) is 0 Å². The van der Waals surface area contributed by atoms with Crippen LogP contribution in [-0.2, 0) is 6.54 Å². The first-order valence-electron chi connectivity index (χ1n) is 4.88. The van der Waals surface area contributed by atoms with Crippen LogP contribution in [0, 0.1) is 0 Å². The van der Waals surface area contributed by atoms with Gasteiger partial charge in [-0.3, -0.25) is 4.68 Å². The topological polar surface area (TPSA) is 55.6 Å². The van der Waals surface area contributed by atoms with Gasteiger partial charge in [0.25, 0.3) is 0 Å². The van der Waals surface area contributed by atoms with Crippen LogP contribution in [0.4, 0.5) is 11.8 Å². The minimum absolute atomic E-state index is 0.183. The van der Waals surface area contributed by atoms with Crippen LogP contribution < -0.4 is 5.32 Å². The molecule has 5 heteroatoms. The minimum atomic E-state index is 0.183. The molecule has 0 spiro atoms. The van der Waals surface area contributed by atoms with E-state index in [1.54, 1.807) is 4.68 Å². The van der Waals surface area contributed by atoms with Crippen molar-refractivity contribution in [2.75, 3.05) is 5.32 Å². The summed E-state index contributed by atoms with van der Waals surface area (Å²) in [5.41, 5.74) is 0. The molecule has 0 aliphatic carbocycles. The Morgan fingerprint density at radius 1 is 1.57 bits per heavy atom. The number of hydrogen-bond acceptors (Lipinski definition) is 4. The lowest BCUT2D eigenvalue weighted by molar-refractivity contribution is 0.662. The second kappa shape index (κ2) is 3.87. The van der Waals surface area contributed by atoms with Crippen LogP contribution >= 0.6 is 0 Å². The van der Waals surface area contributed by atoms with Gasteiger partial charge >= 0.3 is 0 Å². The molecule has 2 aromatic heterocycles. The van der Waals surface area contributed by atoms with E-state index in [0.29, 0.717) is 11.8 Å². The fourth-order valence-electron chi connectivity index (χ4n) is 1.05. The van der Waals surface area contributed by atoms with E-state index in [1.165, 1.54) is 12.3 Å². The van der Waals surface area contributed by atoms with E-state index in [-0.39, 0.29) is 6.17 Å². The van der Waals surface area contributed by atoms with Gasteiger partial charge < -0.3 is 5.32 Å². The Balaban J connectivity index is 2.14. The van der Waals surface area contributed by atoms with E-state index in [2.05, 4.69) is 20.4 Å². The lowest BCUT2D eigenvalue weighted by Crippen LogP contribution is -1.99. The summed E-state index contributed by atoms with van der Waals surface area (Å²) in [6, 6.07) is 3.36. The molecule has 2 aromatic rings. The number of anilines is 2. The standard InChI is InChI=1S/C9H11N5/c1-2-14-7-4-8(13-14)12-9-10-5-3-6-11-9/h3-7H,2H2,1H3,(H,10,11,12,13)/i5D. The Hall–Kier alpha value is -1.91. The first-order valence-corrected chi connectivity index (χ1v) is 4.38. The lowest BCUT2D eigenvalue weighted by Gasteiger charge is -1.98. The molecule has 0 aliphatic rings. The highest BCUT2D eigenvalue weighted by Crippen LogP contribution is 2.07. The third kappa shape index (κ3) is 1.87. The summed E-state index contributed by atoms with van der Waals surface area (Å²) in [5, 5.41) is 7.14. The van der Waals surface area contributed by atoms with Crippen molar-refractivity contribution in [1.29, 1.82) is 0 Å². The van der Waals surface area contributed by atoms with Crippen molar-refractivity contribution >= 4 is 11.8 Å². The van der Waals surface area contributed by atoms with E-state index in [9.17, 15) is 0 Å². The average molecular weight is 190 g/mol. The molecule has 2 heterocycles. The normalized spacial score (nSPS) is 11.1. The number of nitrogens with one attached hydrogen (secondary N) is 1. The Morgan fingerprint density at radius 2 is 2.50 bits per heavy atom. The number of aromatic nitrogens is 4. The van der Waals surface area contributed by atoms with E-state index < -0.39 is 0 Å². The number of nitrogens with zero attached hydrogens (tertiary/aromatic N) is 4. The molecule has 0 amide bonds. The molecule has 72 valence electrons. The summed E-state index contributed by atoms with van der Waals surface area (Å²) in [4.78, 5) is 7.88. The highest BCUT2D eigenvalue weighted by atomic mass is 15.3. The summed E-state index contributed by atoms with van der Waals surface area (Å²) < 4.78 is 9.12. The van der Waals surface area contributed by atoms with E-state index >= 15 is 0 Å². The lowest BCUT2D eigenvalue weighted by atomic mass is 10.6. The van der Waals surface area contributed by atoms with Gasteiger partial charge in [0.05, 0.1) is 1.37 Å². The Kier molecular flexibility index (Phi) is 2.07. The maximum absolute atomic E-state index is 7.33. The molecular formula is C9H11N5. The van der Waals surface area contributed by atoms with Crippen molar-refractivity contribution in [3.63, 3.8) is 0 Å². The molecule has 1 N–H and O–H groups in total. The zero-order chi connectivity index (χ0) is 10.7. The van der Waals surface area contributed by atoms with Crippen molar-refractivity contribution in [3.05, 3.63) is 30.7 Å². The minimum Gasteiger partial charge on any atom is -0.307 e.